The minimum Gasteiger partial charge on any atom is -0.481 e. The lowest BCUT2D eigenvalue weighted by Gasteiger charge is -2.22. The van der Waals surface area contributed by atoms with Gasteiger partial charge in [-0.2, -0.15) is 0 Å². The summed E-state index contributed by atoms with van der Waals surface area (Å²) in [5, 5.41) is 10.2. The number of nitrogens with zero attached hydrogens (tertiary/aromatic N) is 1. The number of rotatable bonds is 4. The number of carboxylic acid groups (broad SMARTS) is 1. The van der Waals surface area contributed by atoms with Gasteiger partial charge in [-0.05, 0) is 48.6 Å². The number of carbonyl (C=O) groups is 1. The molecule has 0 spiro atoms. The molecular weight excluding hydrogens is 262 g/mol. The zero-order chi connectivity index (χ0) is 14.4. The molecule has 0 saturated heterocycles. The Hall–Kier alpha value is -1.77. The molecule has 3 atom stereocenters. The third kappa shape index (κ3) is 2.25. The molecule has 1 aromatic heterocycles. The monoisotopic (exact) mass is 283 g/mol. The Morgan fingerprint density at radius 2 is 2.10 bits per heavy atom. The van der Waals surface area contributed by atoms with Gasteiger partial charge in [-0.25, -0.2) is 0 Å². The van der Waals surface area contributed by atoms with Gasteiger partial charge in [-0.3, -0.25) is 4.79 Å². The first-order valence-electron chi connectivity index (χ1n) is 7.99. The van der Waals surface area contributed by atoms with Gasteiger partial charge in [0.2, 0.25) is 0 Å². The highest BCUT2D eigenvalue weighted by Gasteiger charge is 2.39. The van der Waals surface area contributed by atoms with Crippen molar-refractivity contribution in [2.24, 2.45) is 17.8 Å². The van der Waals surface area contributed by atoms with Crippen molar-refractivity contribution in [1.29, 1.82) is 0 Å². The molecule has 1 N–H and O–H groups in total. The van der Waals surface area contributed by atoms with Gasteiger partial charge in [0.25, 0.3) is 0 Å². The molecule has 2 saturated carbocycles. The molecular formula is C18H21NO2. The van der Waals surface area contributed by atoms with Crippen LogP contribution in [0.15, 0.2) is 30.5 Å². The summed E-state index contributed by atoms with van der Waals surface area (Å²) in [4.78, 5) is 11.1. The molecule has 0 radical (unpaired) electrons. The minimum atomic E-state index is -0.752. The molecule has 21 heavy (non-hydrogen) atoms. The Morgan fingerprint density at radius 1 is 1.24 bits per heavy atom. The number of fused-ring (bicyclic) bond motifs is 3. The van der Waals surface area contributed by atoms with Gasteiger partial charge < -0.3 is 9.67 Å². The van der Waals surface area contributed by atoms with E-state index in [0.717, 1.165) is 35.2 Å². The third-order valence-corrected chi connectivity index (χ3v) is 5.53. The molecule has 2 aliphatic carbocycles. The van der Waals surface area contributed by atoms with Crippen molar-refractivity contribution in [2.75, 3.05) is 0 Å². The van der Waals surface area contributed by atoms with E-state index in [2.05, 4.69) is 16.8 Å². The molecule has 2 bridgehead atoms. The van der Waals surface area contributed by atoms with Gasteiger partial charge in [-0.15, -0.1) is 0 Å². The van der Waals surface area contributed by atoms with Gasteiger partial charge in [-0.1, -0.05) is 24.6 Å². The molecule has 3 unspecified atom stereocenters. The molecule has 4 rings (SSSR count). The van der Waals surface area contributed by atoms with E-state index in [9.17, 15) is 4.79 Å². The van der Waals surface area contributed by atoms with Crippen LogP contribution in [0.1, 0.15) is 31.2 Å². The van der Waals surface area contributed by atoms with Crippen LogP contribution in [0.2, 0.25) is 0 Å². The quantitative estimate of drug-likeness (QED) is 0.929. The molecule has 2 fully saturated rings. The van der Waals surface area contributed by atoms with E-state index in [1.54, 1.807) is 0 Å². The number of hydrogen-bond acceptors (Lipinski definition) is 1. The van der Waals surface area contributed by atoms with E-state index in [4.69, 9.17) is 5.11 Å². The van der Waals surface area contributed by atoms with Crippen LogP contribution in [0.5, 0.6) is 0 Å². The van der Waals surface area contributed by atoms with Crippen molar-refractivity contribution < 1.29 is 9.90 Å². The number of aromatic nitrogens is 1. The molecule has 3 heteroatoms. The summed E-state index contributed by atoms with van der Waals surface area (Å²) in [6.45, 7) is 1.06. The lowest BCUT2D eigenvalue weighted by Crippen LogP contribution is -2.16. The Labute approximate surface area is 124 Å². The van der Waals surface area contributed by atoms with Crippen LogP contribution in [-0.4, -0.2) is 15.6 Å². The van der Waals surface area contributed by atoms with Crippen LogP contribution in [0.25, 0.3) is 10.9 Å². The summed E-state index contributed by atoms with van der Waals surface area (Å²) < 4.78 is 2.30. The van der Waals surface area contributed by atoms with Crippen molar-refractivity contribution >= 4 is 16.9 Å². The molecule has 1 heterocycles. The highest BCUT2D eigenvalue weighted by Crippen LogP contribution is 2.49. The summed E-state index contributed by atoms with van der Waals surface area (Å²) in [6.07, 6.45) is 7.81. The van der Waals surface area contributed by atoms with Crippen molar-refractivity contribution in [3.63, 3.8) is 0 Å². The molecule has 2 aliphatic rings. The number of carboxylic acids is 1. The predicted octanol–water partition coefficient (Wildman–Crippen LogP) is 3.70. The number of para-hydroxylation sites is 1. The van der Waals surface area contributed by atoms with E-state index in [1.807, 2.05) is 18.2 Å². The van der Waals surface area contributed by atoms with Crippen LogP contribution in [0.4, 0.5) is 0 Å². The lowest BCUT2D eigenvalue weighted by atomic mass is 9.89. The van der Waals surface area contributed by atoms with Crippen molar-refractivity contribution in [3.8, 4) is 0 Å². The van der Waals surface area contributed by atoms with E-state index in [1.165, 1.54) is 31.2 Å². The Balaban J connectivity index is 1.66. The van der Waals surface area contributed by atoms with Crippen molar-refractivity contribution in [1.82, 2.24) is 4.57 Å². The second kappa shape index (κ2) is 4.90. The topological polar surface area (TPSA) is 42.2 Å². The number of hydrogen-bond donors (Lipinski definition) is 1. The first-order valence-corrected chi connectivity index (χ1v) is 7.99. The first kappa shape index (κ1) is 12.9. The smallest absolute Gasteiger partial charge is 0.307 e. The fourth-order valence-electron chi connectivity index (χ4n) is 4.63. The van der Waals surface area contributed by atoms with Gasteiger partial charge in [0.1, 0.15) is 0 Å². The molecule has 0 aliphatic heterocycles. The van der Waals surface area contributed by atoms with Crippen molar-refractivity contribution in [2.45, 2.75) is 38.6 Å². The van der Waals surface area contributed by atoms with Crippen molar-refractivity contribution in [3.05, 3.63) is 36.0 Å². The van der Waals surface area contributed by atoms with Gasteiger partial charge in [0.15, 0.2) is 0 Å². The van der Waals surface area contributed by atoms with Gasteiger partial charge in [0.05, 0.1) is 6.42 Å². The van der Waals surface area contributed by atoms with Crippen LogP contribution >= 0.6 is 0 Å². The SMILES string of the molecule is O=C(O)Cc1cn(CC2CC3CCC2C3)c2ccccc12. The van der Waals surface area contributed by atoms with Crippen LogP contribution < -0.4 is 0 Å². The normalized spacial score (nSPS) is 27.5. The minimum absolute atomic E-state index is 0.115. The van der Waals surface area contributed by atoms with Crippen LogP contribution in [-0.2, 0) is 17.8 Å². The largest absolute Gasteiger partial charge is 0.481 e. The zero-order valence-corrected chi connectivity index (χ0v) is 12.2. The number of benzene rings is 1. The second-order valence-electron chi connectivity index (χ2n) is 6.83. The zero-order valence-electron chi connectivity index (χ0n) is 12.2. The van der Waals surface area contributed by atoms with E-state index in [0.29, 0.717) is 0 Å². The standard InChI is InChI=1S/C18H21NO2/c20-18(21)9-15-11-19(17-4-2-1-3-16(15)17)10-14-8-12-5-6-13(14)7-12/h1-4,11-14H,5-10H2,(H,20,21). The highest BCUT2D eigenvalue weighted by molar-refractivity contribution is 5.87. The van der Waals surface area contributed by atoms with Crippen LogP contribution in [0.3, 0.4) is 0 Å². The second-order valence-corrected chi connectivity index (χ2v) is 6.83. The maximum atomic E-state index is 11.1. The molecule has 1 aromatic carbocycles. The maximum Gasteiger partial charge on any atom is 0.307 e. The molecule has 0 amide bonds. The van der Waals surface area contributed by atoms with Crippen LogP contribution in [0, 0.1) is 17.8 Å². The molecule has 2 aromatic rings. The average molecular weight is 283 g/mol. The van der Waals surface area contributed by atoms with Gasteiger partial charge >= 0.3 is 5.97 Å². The first-order chi connectivity index (χ1) is 10.2. The Bertz CT molecular complexity index is 688. The number of aliphatic carboxylic acids is 1. The summed E-state index contributed by atoms with van der Waals surface area (Å²) >= 11 is 0. The van der Waals surface area contributed by atoms with E-state index >= 15 is 0 Å². The van der Waals surface area contributed by atoms with Gasteiger partial charge in [0, 0.05) is 23.6 Å². The Kier molecular flexibility index (Phi) is 3.02. The molecule has 3 nitrogen and oxygen atoms in total. The summed E-state index contributed by atoms with van der Waals surface area (Å²) in [6, 6.07) is 8.21. The van der Waals surface area contributed by atoms with E-state index in [-0.39, 0.29) is 6.42 Å². The Morgan fingerprint density at radius 3 is 2.81 bits per heavy atom. The maximum absolute atomic E-state index is 11.1. The highest BCUT2D eigenvalue weighted by atomic mass is 16.4. The summed E-state index contributed by atoms with van der Waals surface area (Å²) in [7, 11) is 0. The fraction of sp³-hybridized carbons (Fsp3) is 0.500. The summed E-state index contributed by atoms with van der Waals surface area (Å²) in [5.41, 5.74) is 2.14. The molecule has 110 valence electrons. The fourth-order valence-corrected chi connectivity index (χ4v) is 4.63. The lowest BCUT2D eigenvalue weighted by molar-refractivity contribution is -0.136. The summed E-state index contributed by atoms with van der Waals surface area (Å²) in [5.74, 6) is 1.90. The third-order valence-electron chi connectivity index (χ3n) is 5.53. The average Bonchev–Trinajstić information content (AvgIpc) is 3.15. The van der Waals surface area contributed by atoms with E-state index < -0.39 is 5.97 Å². The predicted molar refractivity (Wildman–Crippen MR) is 82.2 cm³/mol.